The lowest BCUT2D eigenvalue weighted by molar-refractivity contribution is 0.0947. The molecule has 1 aliphatic carbocycles. The standard InChI is InChI=1S/C15H20ClN3O/c1-10-6-12(7-14(16)18-10)15(20)17-8-11-4-5-19(9-11)13-2-3-13/h6-7,11,13H,2-5,8-9H2,1H3,(H,17,20). The van der Waals surface area contributed by atoms with Gasteiger partial charge in [0.1, 0.15) is 5.15 Å². The third kappa shape index (κ3) is 3.30. The van der Waals surface area contributed by atoms with Crippen LogP contribution in [0.25, 0.3) is 0 Å². The molecule has 1 aromatic rings. The second kappa shape index (κ2) is 5.70. The van der Waals surface area contributed by atoms with Crippen LogP contribution in [0.15, 0.2) is 12.1 Å². The van der Waals surface area contributed by atoms with Crippen LogP contribution in [0.1, 0.15) is 35.3 Å². The van der Waals surface area contributed by atoms with Crippen molar-refractivity contribution in [3.8, 4) is 0 Å². The monoisotopic (exact) mass is 293 g/mol. The summed E-state index contributed by atoms with van der Waals surface area (Å²) < 4.78 is 0. The maximum atomic E-state index is 12.1. The second-order valence-corrected chi connectivity index (χ2v) is 6.30. The Morgan fingerprint density at radius 2 is 2.25 bits per heavy atom. The molecule has 2 heterocycles. The molecule has 1 aromatic heterocycles. The maximum Gasteiger partial charge on any atom is 0.251 e. The molecule has 108 valence electrons. The molecular formula is C15H20ClN3O. The van der Waals surface area contributed by atoms with Gasteiger partial charge in [0.25, 0.3) is 5.91 Å². The molecule has 0 radical (unpaired) electrons. The second-order valence-electron chi connectivity index (χ2n) is 5.91. The molecular weight excluding hydrogens is 274 g/mol. The zero-order valence-corrected chi connectivity index (χ0v) is 12.5. The summed E-state index contributed by atoms with van der Waals surface area (Å²) in [6.07, 6.45) is 3.90. The lowest BCUT2D eigenvalue weighted by Crippen LogP contribution is -2.31. The molecule has 1 atom stereocenters. The Morgan fingerprint density at radius 3 is 2.95 bits per heavy atom. The van der Waals surface area contributed by atoms with Gasteiger partial charge in [0.15, 0.2) is 0 Å². The zero-order valence-electron chi connectivity index (χ0n) is 11.7. The third-order valence-electron chi connectivity index (χ3n) is 4.12. The van der Waals surface area contributed by atoms with Crippen molar-refractivity contribution < 1.29 is 4.79 Å². The highest BCUT2D eigenvalue weighted by atomic mass is 35.5. The largest absolute Gasteiger partial charge is 0.352 e. The van der Waals surface area contributed by atoms with Crippen LogP contribution in [-0.4, -0.2) is 41.5 Å². The van der Waals surface area contributed by atoms with Crippen molar-refractivity contribution in [3.05, 3.63) is 28.5 Å². The van der Waals surface area contributed by atoms with Gasteiger partial charge in [-0.2, -0.15) is 0 Å². The summed E-state index contributed by atoms with van der Waals surface area (Å²) in [7, 11) is 0. The van der Waals surface area contributed by atoms with Crippen LogP contribution in [0.3, 0.4) is 0 Å². The minimum atomic E-state index is -0.0535. The fourth-order valence-electron chi connectivity index (χ4n) is 2.90. The number of carbonyl (C=O) groups excluding carboxylic acids is 1. The summed E-state index contributed by atoms with van der Waals surface area (Å²) in [5, 5.41) is 3.39. The van der Waals surface area contributed by atoms with E-state index in [9.17, 15) is 4.79 Å². The van der Waals surface area contributed by atoms with Crippen molar-refractivity contribution in [1.29, 1.82) is 0 Å². The van der Waals surface area contributed by atoms with Crippen molar-refractivity contribution in [2.24, 2.45) is 5.92 Å². The van der Waals surface area contributed by atoms with Crippen LogP contribution in [0.4, 0.5) is 0 Å². The van der Waals surface area contributed by atoms with E-state index < -0.39 is 0 Å². The van der Waals surface area contributed by atoms with Gasteiger partial charge in [-0.1, -0.05) is 11.6 Å². The summed E-state index contributed by atoms with van der Waals surface area (Å²) in [6, 6.07) is 4.22. The Labute approximate surface area is 124 Å². The molecule has 5 heteroatoms. The molecule has 1 saturated heterocycles. The number of nitrogens with zero attached hydrogens (tertiary/aromatic N) is 2. The Bertz CT molecular complexity index is 496. The van der Waals surface area contributed by atoms with Gasteiger partial charge in [-0.15, -0.1) is 0 Å². The lowest BCUT2D eigenvalue weighted by atomic mass is 10.1. The van der Waals surface area contributed by atoms with Crippen LogP contribution in [0, 0.1) is 12.8 Å². The molecule has 0 aromatic carbocycles. The summed E-state index contributed by atoms with van der Waals surface area (Å²) in [6.45, 7) is 4.90. The molecule has 2 aliphatic rings. The molecule has 1 unspecified atom stereocenters. The van der Waals surface area contributed by atoms with E-state index in [-0.39, 0.29) is 5.91 Å². The fourth-order valence-corrected chi connectivity index (χ4v) is 3.15. The van der Waals surface area contributed by atoms with Gasteiger partial charge in [-0.05, 0) is 50.8 Å². The smallest absolute Gasteiger partial charge is 0.251 e. The first kappa shape index (κ1) is 13.8. The Kier molecular flexibility index (Phi) is 3.94. The average Bonchev–Trinajstić information content (AvgIpc) is 3.14. The third-order valence-corrected chi connectivity index (χ3v) is 4.31. The van der Waals surface area contributed by atoms with Gasteiger partial charge in [-0.25, -0.2) is 4.98 Å². The molecule has 3 rings (SSSR count). The highest BCUT2D eigenvalue weighted by Gasteiger charge is 2.34. The van der Waals surface area contributed by atoms with E-state index in [0.717, 1.165) is 24.8 Å². The van der Waals surface area contributed by atoms with Crippen molar-refractivity contribution in [3.63, 3.8) is 0 Å². The van der Waals surface area contributed by atoms with E-state index in [0.29, 0.717) is 16.6 Å². The van der Waals surface area contributed by atoms with Crippen molar-refractivity contribution in [2.45, 2.75) is 32.2 Å². The first-order valence-corrected chi connectivity index (χ1v) is 7.66. The Morgan fingerprint density at radius 1 is 1.45 bits per heavy atom. The molecule has 0 bridgehead atoms. The quantitative estimate of drug-likeness (QED) is 0.866. The number of pyridine rings is 1. The molecule has 1 aliphatic heterocycles. The number of aromatic nitrogens is 1. The zero-order chi connectivity index (χ0) is 14.1. The Hall–Kier alpha value is -1.13. The number of carbonyl (C=O) groups is 1. The molecule has 1 amide bonds. The van der Waals surface area contributed by atoms with Crippen LogP contribution < -0.4 is 5.32 Å². The number of halogens is 1. The maximum absolute atomic E-state index is 12.1. The van der Waals surface area contributed by atoms with E-state index >= 15 is 0 Å². The van der Waals surface area contributed by atoms with E-state index in [1.807, 2.05) is 6.92 Å². The van der Waals surface area contributed by atoms with Gasteiger partial charge < -0.3 is 10.2 Å². The van der Waals surface area contributed by atoms with Crippen LogP contribution >= 0.6 is 11.6 Å². The van der Waals surface area contributed by atoms with Crippen molar-refractivity contribution in [2.75, 3.05) is 19.6 Å². The number of likely N-dealkylation sites (tertiary alicyclic amines) is 1. The van der Waals surface area contributed by atoms with Crippen LogP contribution in [0.5, 0.6) is 0 Å². The predicted molar refractivity (Wildman–Crippen MR) is 79.0 cm³/mol. The summed E-state index contributed by atoms with van der Waals surface area (Å²) in [5.74, 6) is 0.528. The van der Waals surface area contributed by atoms with Gasteiger partial charge in [0.05, 0.1) is 0 Å². The number of aryl methyl sites for hydroxylation is 1. The van der Waals surface area contributed by atoms with E-state index in [2.05, 4.69) is 15.2 Å². The normalized spacial score (nSPS) is 23.0. The van der Waals surface area contributed by atoms with E-state index in [1.165, 1.54) is 25.8 Å². The number of nitrogens with one attached hydrogen (secondary N) is 1. The predicted octanol–water partition coefficient (Wildman–Crippen LogP) is 2.26. The topological polar surface area (TPSA) is 45.2 Å². The molecule has 4 nitrogen and oxygen atoms in total. The fraction of sp³-hybridized carbons (Fsp3) is 0.600. The average molecular weight is 294 g/mol. The summed E-state index contributed by atoms with van der Waals surface area (Å²) in [4.78, 5) is 18.8. The Balaban J connectivity index is 1.51. The van der Waals surface area contributed by atoms with Crippen LogP contribution in [0.2, 0.25) is 5.15 Å². The van der Waals surface area contributed by atoms with E-state index in [1.54, 1.807) is 12.1 Å². The van der Waals surface area contributed by atoms with Crippen molar-refractivity contribution in [1.82, 2.24) is 15.2 Å². The van der Waals surface area contributed by atoms with Gasteiger partial charge >= 0.3 is 0 Å². The first-order chi connectivity index (χ1) is 9.61. The molecule has 2 fully saturated rings. The molecule has 1 N–H and O–H groups in total. The number of hydrogen-bond donors (Lipinski definition) is 1. The summed E-state index contributed by atoms with van der Waals surface area (Å²) >= 11 is 5.88. The van der Waals surface area contributed by atoms with Gasteiger partial charge in [-0.3, -0.25) is 4.79 Å². The molecule has 0 spiro atoms. The van der Waals surface area contributed by atoms with Crippen molar-refractivity contribution >= 4 is 17.5 Å². The van der Waals surface area contributed by atoms with Gasteiger partial charge in [0, 0.05) is 30.4 Å². The lowest BCUT2D eigenvalue weighted by Gasteiger charge is -2.15. The highest BCUT2D eigenvalue weighted by Crippen LogP contribution is 2.31. The van der Waals surface area contributed by atoms with Gasteiger partial charge in [0.2, 0.25) is 0 Å². The molecule has 20 heavy (non-hydrogen) atoms. The number of hydrogen-bond acceptors (Lipinski definition) is 3. The number of rotatable bonds is 4. The summed E-state index contributed by atoms with van der Waals surface area (Å²) in [5.41, 5.74) is 1.36. The van der Waals surface area contributed by atoms with Crippen LogP contribution in [-0.2, 0) is 0 Å². The SMILES string of the molecule is Cc1cc(C(=O)NCC2CCN(C3CC3)C2)cc(Cl)n1. The minimum Gasteiger partial charge on any atom is -0.352 e. The highest BCUT2D eigenvalue weighted by molar-refractivity contribution is 6.29. The molecule has 1 saturated carbocycles. The number of amides is 1. The first-order valence-electron chi connectivity index (χ1n) is 7.28. The minimum absolute atomic E-state index is 0.0535. The van der Waals surface area contributed by atoms with E-state index in [4.69, 9.17) is 11.6 Å².